The number of carbonyl (C=O) groups is 1. The predicted molar refractivity (Wildman–Crippen MR) is 152 cm³/mol. The molecule has 2 aromatic carbocycles. The van der Waals surface area contributed by atoms with Crippen molar-refractivity contribution in [1.82, 2.24) is 19.4 Å². The molecule has 208 valence electrons. The fourth-order valence-electron chi connectivity index (χ4n) is 4.59. The van der Waals surface area contributed by atoms with Crippen LogP contribution in [0.2, 0.25) is 0 Å². The van der Waals surface area contributed by atoms with E-state index in [-0.39, 0.29) is 29.8 Å². The van der Waals surface area contributed by atoms with E-state index in [1.807, 2.05) is 57.2 Å². The Morgan fingerprint density at radius 2 is 1.77 bits per heavy atom. The van der Waals surface area contributed by atoms with Crippen LogP contribution in [0.1, 0.15) is 25.8 Å². The third-order valence-corrected chi connectivity index (χ3v) is 8.55. The molecule has 0 spiro atoms. The third-order valence-electron chi connectivity index (χ3n) is 6.73. The second-order valence-corrected chi connectivity index (χ2v) is 12.2. The number of nitrogens with zero attached hydrogens (tertiary/aromatic N) is 5. The number of ether oxygens (including phenoxy) is 1. The Balaban J connectivity index is 1.41. The van der Waals surface area contributed by atoms with Crippen molar-refractivity contribution >= 4 is 21.7 Å². The van der Waals surface area contributed by atoms with Crippen LogP contribution in [0.3, 0.4) is 0 Å². The second-order valence-electron chi connectivity index (χ2n) is 10.2. The number of hydrogen-bond donors (Lipinski definition) is 0. The van der Waals surface area contributed by atoms with Crippen LogP contribution < -0.4 is 9.64 Å². The Kier molecular flexibility index (Phi) is 9.19. The monoisotopic (exact) mass is 551 g/mol. The number of methoxy groups -OCH3 is 1. The third kappa shape index (κ3) is 7.13. The van der Waals surface area contributed by atoms with Crippen molar-refractivity contribution in [2.24, 2.45) is 5.92 Å². The van der Waals surface area contributed by atoms with Crippen LogP contribution in [-0.2, 0) is 14.8 Å². The van der Waals surface area contributed by atoms with Crippen LogP contribution in [0.15, 0.2) is 65.6 Å². The van der Waals surface area contributed by atoms with Crippen LogP contribution in [-0.4, -0.2) is 80.1 Å². The molecule has 0 bridgehead atoms. The van der Waals surface area contributed by atoms with Crippen molar-refractivity contribution in [3.8, 4) is 17.0 Å². The number of aryl methyl sites for hydroxylation is 1. The molecule has 0 unspecified atom stereocenters. The largest absolute Gasteiger partial charge is 0.497 e. The van der Waals surface area contributed by atoms with E-state index in [4.69, 9.17) is 4.74 Å². The number of benzene rings is 2. The van der Waals surface area contributed by atoms with E-state index in [1.165, 1.54) is 4.31 Å². The number of rotatable bonds is 9. The lowest BCUT2D eigenvalue weighted by atomic mass is 10.1. The number of anilines is 1. The normalized spacial score (nSPS) is 14.5. The van der Waals surface area contributed by atoms with Gasteiger partial charge in [0.25, 0.3) is 0 Å². The summed E-state index contributed by atoms with van der Waals surface area (Å²) >= 11 is 0. The van der Waals surface area contributed by atoms with Gasteiger partial charge in [0.15, 0.2) is 5.82 Å². The molecule has 39 heavy (non-hydrogen) atoms. The average molecular weight is 552 g/mol. The highest BCUT2D eigenvalue weighted by atomic mass is 32.2. The van der Waals surface area contributed by atoms with Crippen molar-refractivity contribution in [2.75, 3.05) is 51.3 Å². The number of sulfonamides is 1. The van der Waals surface area contributed by atoms with Gasteiger partial charge in [-0.05, 0) is 55.7 Å². The molecule has 0 saturated carbocycles. The molecule has 1 aliphatic rings. The predicted octanol–water partition coefficient (Wildman–Crippen LogP) is 3.85. The van der Waals surface area contributed by atoms with Crippen molar-refractivity contribution in [3.63, 3.8) is 0 Å². The zero-order valence-electron chi connectivity index (χ0n) is 23.1. The van der Waals surface area contributed by atoms with Gasteiger partial charge < -0.3 is 14.5 Å². The van der Waals surface area contributed by atoms with E-state index in [2.05, 4.69) is 15.1 Å². The number of aromatic nitrogens is 2. The summed E-state index contributed by atoms with van der Waals surface area (Å²) in [6.07, 6.45) is 0.750. The maximum atomic E-state index is 13.4. The van der Waals surface area contributed by atoms with Gasteiger partial charge in [-0.25, -0.2) is 8.42 Å². The maximum Gasteiger partial charge on any atom is 0.243 e. The molecule has 9 nitrogen and oxygen atoms in total. The highest BCUT2D eigenvalue weighted by Crippen LogP contribution is 2.24. The molecule has 0 aliphatic carbocycles. The van der Waals surface area contributed by atoms with Gasteiger partial charge in [-0.15, -0.1) is 10.2 Å². The van der Waals surface area contributed by atoms with E-state index < -0.39 is 10.0 Å². The lowest BCUT2D eigenvalue weighted by molar-refractivity contribution is -0.131. The summed E-state index contributed by atoms with van der Waals surface area (Å²) in [7, 11) is -2.16. The molecule has 4 rings (SSSR count). The van der Waals surface area contributed by atoms with Crippen LogP contribution in [0.5, 0.6) is 5.75 Å². The first kappa shape index (κ1) is 28.5. The Labute approximate surface area is 231 Å². The summed E-state index contributed by atoms with van der Waals surface area (Å²) in [5.74, 6) is 1.40. The van der Waals surface area contributed by atoms with Crippen LogP contribution in [0.25, 0.3) is 11.3 Å². The fourth-order valence-corrected chi connectivity index (χ4v) is 6.14. The van der Waals surface area contributed by atoms with E-state index in [0.717, 1.165) is 41.4 Å². The summed E-state index contributed by atoms with van der Waals surface area (Å²) in [5.41, 5.74) is 2.66. The molecule has 0 atom stereocenters. The number of amides is 1. The number of carbonyl (C=O) groups excluding carboxylic acids is 1. The molecular weight excluding hydrogens is 514 g/mol. The first-order valence-electron chi connectivity index (χ1n) is 13.2. The van der Waals surface area contributed by atoms with Crippen molar-refractivity contribution in [3.05, 3.63) is 66.2 Å². The van der Waals surface area contributed by atoms with Crippen LogP contribution in [0.4, 0.5) is 5.82 Å². The van der Waals surface area contributed by atoms with Crippen molar-refractivity contribution in [2.45, 2.75) is 32.1 Å². The molecular formula is C29H37N5O4S. The summed E-state index contributed by atoms with van der Waals surface area (Å²) in [5, 5.41) is 8.85. The van der Waals surface area contributed by atoms with E-state index in [9.17, 15) is 13.2 Å². The SMILES string of the molecule is COc1cccc(-c2ccc(N3CCCN(C(=O)CN(CC(C)C)S(=O)(=O)c4ccc(C)cc4)CC3)nn2)c1. The Morgan fingerprint density at radius 3 is 2.44 bits per heavy atom. The molecule has 1 aliphatic heterocycles. The molecule has 2 heterocycles. The minimum absolute atomic E-state index is 0.0798. The molecule has 1 aromatic heterocycles. The highest BCUT2D eigenvalue weighted by Gasteiger charge is 2.30. The minimum atomic E-state index is -3.79. The Bertz CT molecular complexity index is 1360. The summed E-state index contributed by atoms with van der Waals surface area (Å²) < 4.78 is 33.4. The average Bonchev–Trinajstić information content (AvgIpc) is 3.19. The molecule has 0 N–H and O–H groups in total. The van der Waals surface area contributed by atoms with Crippen LogP contribution in [0, 0.1) is 12.8 Å². The van der Waals surface area contributed by atoms with Gasteiger partial charge >= 0.3 is 0 Å². The molecule has 1 fully saturated rings. The van der Waals surface area contributed by atoms with Gasteiger partial charge in [0.1, 0.15) is 5.75 Å². The zero-order valence-corrected chi connectivity index (χ0v) is 23.9. The molecule has 10 heteroatoms. The van der Waals surface area contributed by atoms with E-state index in [0.29, 0.717) is 19.6 Å². The van der Waals surface area contributed by atoms with Gasteiger partial charge in [0, 0.05) is 38.3 Å². The number of hydrogen-bond acceptors (Lipinski definition) is 7. The highest BCUT2D eigenvalue weighted by molar-refractivity contribution is 7.89. The van der Waals surface area contributed by atoms with E-state index >= 15 is 0 Å². The fraction of sp³-hybridized carbons (Fsp3) is 0.414. The lowest BCUT2D eigenvalue weighted by Gasteiger charge is -2.27. The standard InChI is InChI=1S/C29H37N5O4S/c1-22(2)20-34(39(36,37)26-11-9-23(3)10-12-26)21-29(35)33-16-6-15-32(17-18-33)28-14-13-27(30-31-28)24-7-5-8-25(19-24)38-4/h5,7-14,19,22H,6,15-18,20-21H2,1-4H3. The Morgan fingerprint density at radius 1 is 1.00 bits per heavy atom. The summed E-state index contributed by atoms with van der Waals surface area (Å²) in [6, 6.07) is 18.3. The van der Waals surface area contributed by atoms with Crippen molar-refractivity contribution in [1.29, 1.82) is 0 Å². The van der Waals surface area contributed by atoms with Crippen LogP contribution >= 0.6 is 0 Å². The van der Waals surface area contributed by atoms with Gasteiger partial charge in [-0.3, -0.25) is 4.79 Å². The topological polar surface area (TPSA) is 95.9 Å². The smallest absolute Gasteiger partial charge is 0.243 e. The first-order chi connectivity index (χ1) is 18.7. The molecule has 3 aromatic rings. The van der Waals surface area contributed by atoms with Gasteiger partial charge in [-0.1, -0.05) is 43.7 Å². The van der Waals surface area contributed by atoms with E-state index in [1.54, 1.807) is 36.3 Å². The summed E-state index contributed by atoms with van der Waals surface area (Å²) in [4.78, 5) is 17.4. The Hall–Kier alpha value is -3.50. The van der Waals surface area contributed by atoms with Gasteiger partial charge in [0.05, 0.1) is 24.2 Å². The second kappa shape index (κ2) is 12.6. The molecule has 1 amide bonds. The molecule has 0 radical (unpaired) electrons. The van der Waals surface area contributed by atoms with Gasteiger partial charge in [-0.2, -0.15) is 4.31 Å². The minimum Gasteiger partial charge on any atom is -0.497 e. The maximum absolute atomic E-state index is 13.4. The quantitative estimate of drug-likeness (QED) is 0.399. The van der Waals surface area contributed by atoms with Gasteiger partial charge in [0.2, 0.25) is 15.9 Å². The summed E-state index contributed by atoms with van der Waals surface area (Å²) in [6.45, 7) is 8.28. The molecule has 1 saturated heterocycles. The zero-order chi connectivity index (χ0) is 28.0. The van der Waals surface area contributed by atoms with Crippen molar-refractivity contribution < 1.29 is 17.9 Å². The lowest BCUT2D eigenvalue weighted by Crippen LogP contribution is -2.45. The first-order valence-corrected chi connectivity index (χ1v) is 14.7.